The molecular formula is C12H24BrNO. The van der Waals surface area contributed by atoms with Crippen LogP contribution >= 0.6 is 15.9 Å². The lowest BCUT2D eigenvalue weighted by Crippen LogP contribution is -2.42. The smallest absolute Gasteiger partial charge is 0.222 e. The Morgan fingerprint density at radius 3 is 2.27 bits per heavy atom. The summed E-state index contributed by atoms with van der Waals surface area (Å²) < 4.78 is 0. The van der Waals surface area contributed by atoms with Crippen molar-refractivity contribution in [2.75, 3.05) is 12.4 Å². The molecule has 0 spiro atoms. The standard InChI is InChI=1S/C12H24BrNO/c1-10(12(2,3)4)14(5)11(15)8-6-7-9-13/h10H,6-9H2,1-5H3. The third kappa shape index (κ3) is 5.55. The van der Waals surface area contributed by atoms with Gasteiger partial charge in [0.25, 0.3) is 0 Å². The number of alkyl halides is 1. The van der Waals surface area contributed by atoms with Crippen molar-refractivity contribution >= 4 is 21.8 Å². The number of halogens is 1. The molecule has 2 nitrogen and oxygen atoms in total. The van der Waals surface area contributed by atoms with Crippen molar-refractivity contribution in [2.24, 2.45) is 5.41 Å². The molecule has 15 heavy (non-hydrogen) atoms. The minimum Gasteiger partial charge on any atom is -0.343 e. The molecule has 0 radical (unpaired) electrons. The summed E-state index contributed by atoms with van der Waals surface area (Å²) in [6, 6.07) is 0.286. The molecular weight excluding hydrogens is 254 g/mol. The zero-order chi connectivity index (χ0) is 12.1. The Balaban J connectivity index is 4.08. The highest BCUT2D eigenvalue weighted by Crippen LogP contribution is 2.23. The number of hydrogen-bond acceptors (Lipinski definition) is 1. The molecule has 0 aliphatic carbocycles. The van der Waals surface area contributed by atoms with Crippen LogP contribution in [0.5, 0.6) is 0 Å². The maximum atomic E-state index is 11.8. The van der Waals surface area contributed by atoms with Crippen molar-refractivity contribution in [3.8, 4) is 0 Å². The lowest BCUT2D eigenvalue weighted by Gasteiger charge is -2.35. The summed E-state index contributed by atoms with van der Waals surface area (Å²) in [6.07, 6.45) is 2.72. The van der Waals surface area contributed by atoms with Gasteiger partial charge in [-0.15, -0.1) is 0 Å². The summed E-state index contributed by atoms with van der Waals surface area (Å²) in [5, 5.41) is 0.985. The molecule has 0 aliphatic rings. The third-order valence-electron chi connectivity index (χ3n) is 3.00. The monoisotopic (exact) mass is 277 g/mol. The molecule has 0 rings (SSSR count). The fraction of sp³-hybridized carbons (Fsp3) is 0.917. The highest BCUT2D eigenvalue weighted by atomic mass is 79.9. The molecule has 0 aliphatic heterocycles. The lowest BCUT2D eigenvalue weighted by molar-refractivity contribution is -0.133. The Labute approximate surface area is 103 Å². The molecule has 0 N–H and O–H groups in total. The average Bonchev–Trinajstić information content (AvgIpc) is 2.14. The zero-order valence-electron chi connectivity index (χ0n) is 10.6. The van der Waals surface area contributed by atoms with Gasteiger partial charge in [0.2, 0.25) is 5.91 Å². The van der Waals surface area contributed by atoms with E-state index in [1.54, 1.807) is 0 Å². The summed E-state index contributed by atoms with van der Waals surface area (Å²) in [5.41, 5.74) is 0.153. The van der Waals surface area contributed by atoms with Crippen LogP contribution in [0.2, 0.25) is 0 Å². The SMILES string of the molecule is CC(N(C)C(=O)CCCCBr)C(C)(C)C. The van der Waals surface area contributed by atoms with E-state index in [-0.39, 0.29) is 17.4 Å². The van der Waals surface area contributed by atoms with Gasteiger partial charge in [-0.25, -0.2) is 0 Å². The van der Waals surface area contributed by atoms with Gasteiger partial charge in [0.05, 0.1) is 0 Å². The Hall–Kier alpha value is -0.0500. The van der Waals surface area contributed by atoms with E-state index in [2.05, 4.69) is 43.6 Å². The van der Waals surface area contributed by atoms with Gasteiger partial charge < -0.3 is 4.90 Å². The quantitative estimate of drug-likeness (QED) is 0.557. The summed E-state index contributed by atoms with van der Waals surface area (Å²) in [6.45, 7) is 8.61. The third-order valence-corrected chi connectivity index (χ3v) is 3.56. The predicted octanol–water partition coefficient (Wildman–Crippen LogP) is 3.44. The van der Waals surface area contributed by atoms with Crippen LogP contribution in [0.4, 0.5) is 0 Å². The molecule has 0 heterocycles. The van der Waals surface area contributed by atoms with Crippen LogP contribution in [0.25, 0.3) is 0 Å². The van der Waals surface area contributed by atoms with E-state index in [0.29, 0.717) is 6.42 Å². The van der Waals surface area contributed by atoms with Gasteiger partial charge in [0.1, 0.15) is 0 Å². The van der Waals surface area contributed by atoms with Crippen LogP contribution in [-0.4, -0.2) is 29.2 Å². The molecule has 0 aromatic carbocycles. The van der Waals surface area contributed by atoms with E-state index in [1.165, 1.54) is 0 Å². The van der Waals surface area contributed by atoms with E-state index in [4.69, 9.17) is 0 Å². The minimum atomic E-state index is 0.153. The van der Waals surface area contributed by atoms with E-state index in [1.807, 2.05) is 11.9 Å². The fourth-order valence-electron chi connectivity index (χ4n) is 1.34. The molecule has 0 saturated heterocycles. The second-order valence-electron chi connectivity index (χ2n) is 5.19. The van der Waals surface area contributed by atoms with Crippen LogP contribution in [0.1, 0.15) is 47.0 Å². The number of carbonyl (C=O) groups is 1. The molecule has 0 aromatic heterocycles. The van der Waals surface area contributed by atoms with Gasteiger partial charge >= 0.3 is 0 Å². The minimum absolute atomic E-state index is 0.153. The van der Waals surface area contributed by atoms with Gasteiger partial charge in [0.15, 0.2) is 0 Å². The number of nitrogens with zero attached hydrogens (tertiary/aromatic N) is 1. The fourth-order valence-corrected chi connectivity index (χ4v) is 1.74. The number of rotatable bonds is 5. The maximum Gasteiger partial charge on any atom is 0.222 e. The number of amides is 1. The molecule has 0 fully saturated rings. The van der Waals surface area contributed by atoms with Crippen LogP contribution in [0.15, 0.2) is 0 Å². The van der Waals surface area contributed by atoms with Crippen molar-refractivity contribution in [3.63, 3.8) is 0 Å². The predicted molar refractivity (Wildman–Crippen MR) is 69.3 cm³/mol. The van der Waals surface area contributed by atoms with Crippen molar-refractivity contribution in [1.29, 1.82) is 0 Å². The second kappa shape index (κ2) is 6.51. The Kier molecular flexibility index (Phi) is 6.49. The van der Waals surface area contributed by atoms with Crippen molar-refractivity contribution in [1.82, 2.24) is 4.90 Å². The summed E-state index contributed by atoms with van der Waals surface area (Å²) in [4.78, 5) is 13.7. The largest absolute Gasteiger partial charge is 0.343 e. The molecule has 1 amide bonds. The number of hydrogen-bond donors (Lipinski definition) is 0. The van der Waals surface area contributed by atoms with Gasteiger partial charge in [-0.1, -0.05) is 36.7 Å². The van der Waals surface area contributed by atoms with E-state index in [0.717, 1.165) is 18.2 Å². The first-order valence-corrected chi connectivity index (χ1v) is 6.74. The number of unbranched alkanes of at least 4 members (excludes halogenated alkanes) is 1. The molecule has 0 aromatic rings. The van der Waals surface area contributed by atoms with Crippen LogP contribution in [-0.2, 0) is 4.79 Å². The molecule has 1 atom stereocenters. The first-order valence-electron chi connectivity index (χ1n) is 5.62. The van der Waals surface area contributed by atoms with E-state index in [9.17, 15) is 4.79 Å². The second-order valence-corrected chi connectivity index (χ2v) is 5.99. The van der Waals surface area contributed by atoms with Crippen molar-refractivity contribution in [3.05, 3.63) is 0 Å². The van der Waals surface area contributed by atoms with E-state index >= 15 is 0 Å². The average molecular weight is 278 g/mol. The highest BCUT2D eigenvalue weighted by Gasteiger charge is 2.26. The molecule has 3 heteroatoms. The van der Waals surface area contributed by atoms with Crippen molar-refractivity contribution < 1.29 is 4.79 Å². The zero-order valence-corrected chi connectivity index (χ0v) is 12.2. The van der Waals surface area contributed by atoms with Crippen LogP contribution in [0.3, 0.4) is 0 Å². The van der Waals surface area contributed by atoms with Crippen LogP contribution < -0.4 is 0 Å². The Morgan fingerprint density at radius 2 is 1.87 bits per heavy atom. The summed E-state index contributed by atoms with van der Waals surface area (Å²) in [5.74, 6) is 0.262. The van der Waals surface area contributed by atoms with Gasteiger partial charge in [0, 0.05) is 24.8 Å². The first kappa shape index (κ1) is 14.9. The molecule has 1 unspecified atom stereocenters. The van der Waals surface area contributed by atoms with Crippen molar-refractivity contribution in [2.45, 2.75) is 53.0 Å². The van der Waals surface area contributed by atoms with Crippen LogP contribution in [0, 0.1) is 5.41 Å². The normalized spacial score (nSPS) is 13.7. The molecule has 0 saturated carbocycles. The topological polar surface area (TPSA) is 20.3 Å². The van der Waals surface area contributed by atoms with Gasteiger partial charge in [-0.3, -0.25) is 4.79 Å². The molecule has 0 bridgehead atoms. The summed E-state index contributed by atoms with van der Waals surface area (Å²) in [7, 11) is 1.91. The Bertz CT molecular complexity index is 198. The highest BCUT2D eigenvalue weighted by molar-refractivity contribution is 9.09. The Morgan fingerprint density at radius 1 is 1.33 bits per heavy atom. The molecule has 90 valence electrons. The van der Waals surface area contributed by atoms with E-state index < -0.39 is 0 Å². The van der Waals surface area contributed by atoms with Gasteiger partial charge in [-0.2, -0.15) is 0 Å². The first-order chi connectivity index (χ1) is 6.80. The van der Waals surface area contributed by atoms with Gasteiger partial charge in [-0.05, 0) is 25.2 Å². The lowest BCUT2D eigenvalue weighted by atomic mass is 9.87. The maximum absolute atomic E-state index is 11.8. The number of carbonyl (C=O) groups excluding carboxylic acids is 1. The summed E-state index contributed by atoms with van der Waals surface area (Å²) >= 11 is 3.37.